The number of carbonyl (C=O) groups excluding carboxylic acids is 1. The van der Waals surface area contributed by atoms with Crippen molar-refractivity contribution in [3.8, 4) is 11.3 Å². The van der Waals surface area contributed by atoms with E-state index in [-0.39, 0.29) is 18.6 Å². The Bertz CT molecular complexity index is 748. The van der Waals surface area contributed by atoms with E-state index in [4.69, 9.17) is 5.73 Å². The van der Waals surface area contributed by atoms with Crippen LogP contribution in [0.2, 0.25) is 0 Å². The van der Waals surface area contributed by atoms with Crippen LogP contribution >= 0.6 is 0 Å². The summed E-state index contributed by atoms with van der Waals surface area (Å²) in [5, 5.41) is 12.4. The van der Waals surface area contributed by atoms with E-state index in [0.29, 0.717) is 17.9 Å². The molecule has 27 heavy (non-hydrogen) atoms. The molecular formula is C21H28N4O2. The Hall–Kier alpha value is -2.44. The largest absolute Gasteiger partial charge is 0.395 e. The van der Waals surface area contributed by atoms with Gasteiger partial charge >= 0.3 is 0 Å². The van der Waals surface area contributed by atoms with Crippen LogP contribution in [0.3, 0.4) is 0 Å². The maximum absolute atomic E-state index is 12.3. The number of aromatic nitrogens is 1. The van der Waals surface area contributed by atoms with Crippen LogP contribution in [-0.4, -0.2) is 53.2 Å². The average Bonchev–Trinajstić information content (AvgIpc) is 2.71. The molecule has 1 aromatic carbocycles. The summed E-state index contributed by atoms with van der Waals surface area (Å²) in [6.07, 6.45) is 4.33. The van der Waals surface area contributed by atoms with Crippen molar-refractivity contribution in [1.29, 1.82) is 0 Å². The molecule has 3 rings (SSSR count). The molecule has 0 spiro atoms. The van der Waals surface area contributed by atoms with Gasteiger partial charge in [0.15, 0.2) is 0 Å². The molecule has 1 aliphatic heterocycles. The number of amides is 1. The third kappa shape index (κ3) is 5.28. The number of nitrogens with one attached hydrogen (secondary N) is 1. The number of nitrogens with two attached hydrogens (primary N) is 1. The van der Waals surface area contributed by atoms with Crippen molar-refractivity contribution < 1.29 is 9.90 Å². The number of anilines is 1. The highest BCUT2D eigenvalue weighted by atomic mass is 16.3. The van der Waals surface area contributed by atoms with E-state index in [1.807, 2.05) is 36.4 Å². The van der Waals surface area contributed by atoms with E-state index in [1.165, 1.54) is 12.8 Å². The molecule has 0 unspecified atom stereocenters. The predicted molar refractivity (Wildman–Crippen MR) is 107 cm³/mol. The lowest BCUT2D eigenvalue weighted by Gasteiger charge is -2.34. The molecule has 0 saturated carbocycles. The van der Waals surface area contributed by atoms with Crippen molar-refractivity contribution >= 4 is 11.7 Å². The van der Waals surface area contributed by atoms with Crippen LogP contribution < -0.4 is 11.1 Å². The third-order valence-corrected chi connectivity index (χ3v) is 5.08. The highest BCUT2D eigenvalue weighted by molar-refractivity contribution is 5.94. The van der Waals surface area contributed by atoms with Crippen LogP contribution in [0.4, 0.5) is 5.82 Å². The SMILES string of the molecule is Nc1cccc(-c2ccc(C(=O)NCCCN3CCCC[C@H]3CO)cc2)n1. The molecule has 2 heterocycles. The van der Waals surface area contributed by atoms with Crippen LogP contribution in [0, 0.1) is 0 Å². The predicted octanol–water partition coefficient (Wildman–Crippen LogP) is 2.30. The summed E-state index contributed by atoms with van der Waals surface area (Å²) in [5.74, 6) is 0.408. The molecule has 6 heteroatoms. The lowest BCUT2D eigenvalue weighted by molar-refractivity contribution is 0.0868. The van der Waals surface area contributed by atoms with Crippen molar-refractivity contribution in [3.05, 3.63) is 48.0 Å². The minimum Gasteiger partial charge on any atom is -0.395 e. The van der Waals surface area contributed by atoms with Gasteiger partial charge in [0.05, 0.1) is 12.3 Å². The van der Waals surface area contributed by atoms with Gasteiger partial charge in [0.1, 0.15) is 5.82 Å². The van der Waals surface area contributed by atoms with Crippen LogP contribution in [0.5, 0.6) is 0 Å². The first-order valence-electron chi connectivity index (χ1n) is 9.63. The summed E-state index contributed by atoms with van der Waals surface area (Å²) in [7, 11) is 0. The Kier molecular flexibility index (Phi) is 6.79. The Morgan fingerprint density at radius 2 is 2.04 bits per heavy atom. The lowest BCUT2D eigenvalue weighted by Crippen LogP contribution is -2.43. The zero-order valence-electron chi connectivity index (χ0n) is 15.6. The molecule has 1 atom stereocenters. The maximum Gasteiger partial charge on any atom is 0.251 e. The fraction of sp³-hybridized carbons (Fsp3) is 0.429. The zero-order valence-corrected chi connectivity index (χ0v) is 15.6. The summed E-state index contributed by atoms with van der Waals surface area (Å²) in [5.41, 5.74) is 8.08. The lowest BCUT2D eigenvalue weighted by atomic mass is 10.0. The summed E-state index contributed by atoms with van der Waals surface area (Å²) < 4.78 is 0. The van der Waals surface area contributed by atoms with Gasteiger partial charge in [-0.2, -0.15) is 0 Å². The molecular weight excluding hydrogens is 340 g/mol. The number of hydrogen-bond donors (Lipinski definition) is 3. The smallest absolute Gasteiger partial charge is 0.251 e. The number of aliphatic hydroxyl groups is 1. The van der Waals surface area contributed by atoms with E-state index in [1.54, 1.807) is 6.07 Å². The molecule has 1 amide bonds. The highest BCUT2D eigenvalue weighted by Crippen LogP contribution is 2.19. The van der Waals surface area contributed by atoms with E-state index in [9.17, 15) is 9.90 Å². The molecule has 4 N–H and O–H groups in total. The van der Waals surface area contributed by atoms with Crippen molar-refractivity contribution in [1.82, 2.24) is 15.2 Å². The molecule has 0 bridgehead atoms. The maximum atomic E-state index is 12.3. The Morgan fingerprint density at radius 3 is 2.78 bits per heavy atom. The Balaban J connectivity index is 1.47. The van der Waals surface area contributed by atoms with Gasteiger partial charge < -0.3 is 16.2 Å². The highest BCUT2D eigenvalue weighted by Gasteiger charge is 2.20. The topological polar surface area (TPSA) is 91.5 Å². The van der Waals surface area contributed by atoms with Gasteiger partial charge in [-0.3, -0.25) is 9.69 Å². The molecule has 6 nitrogen and oxygen atoms in total. The van der Waals surface area contributed by atoms with E-state index in [2.05, 4.69) is 15.2 Å². The summed E-state index contributed by atoms with van der Waals surface area (Å²) in [6.45, 7) is 2.80. The molecule has 0 aliphatic carbocycles. The van der Waals surface area contributed by atoms with Crippen LogP contribution in [0.1, 0.15) is 36.0 Å². The van der Waals surface area contributed by atoms with Crippen LogP contribution in [0.15, 0.2) is 42.5 Å². The molecule has 0 radical (unpaired) electrons. The first kappa shape index (κ1) is 19.3. The van der Waals surface area contributed by atoms with Gasteiger partial charge in [-0.1, -0.05) is 24.6 Å². The average molecular weight is 368 g/mol. The van der Waals surface area contributed by atoms with Gasteiger partial charge in [-0.25, -0.2) is 4.98 Å². The summed E-state index contributed by atoms with van der Waals surface area (Å²) in [4.78, 5) is 18.9. The summed E-state index contributed by atoms with van der Waals surface area (Å²) >= 11 is 0. The standard InChI is InChI=1S/C21H28N4O2/c22-20-7-3-6-19(24-20)16-8-10-17(11-9-16)21(27)23-12-4-14-25-13-2-1-5-18(25)15-26/h3,6-11,18,26H,1-2,4-5,12-15H2,(H2,22,24)(H,23,27)/t18-/m0/s1. The Morgan fingerprint density at radius 1 is 1.22 bits per heavy atom. The molecule has 1 saturated heterocycles. The normalized spacial score (nSPS) is 17.6. The van der Waals surface area contributed by atoms with Crippen LogP contribution in [-0.2, 0) is 0 Å². The number of carbonyl (C=O) groups is 1. The number of aliphatic hydroxyl groups excluding tert-OH is 1. The van der Waals surface area contributed by atoms with Crippen molar-refractivity contribution in [3.63, 3.8) is 0 Å². The molecule has 1 aliphatic rings. The van der Waals surface area contributed by atoms with Crippen LogP contribution in [0.25, 0.3) is 11.3 Å². The minimum atomic E-state index is -0.0700. The second kappa shape index (κ2) is 9.48. The van der Waals surface area contributed by atoms with E-state index in [0.717, 1.165) is 37.2 Å². The minimum absolute atomic E-state index is 0.0700. The third-order valence-electron chi connectivity index (χ3n) is 5.08. The van der Waals surface area contributed by atoms with Crippen molar-refractivity contribution in [2.45, 2.75) is 31.7 Å². The van der Waals surface area contributed by atoms with Gasteiger partial charge in [0.25, 0.3) is 5.91 Å². The van der Waals surface area contributed by atoms with Gasteiger partial charge in [-0.15, -0.1) is 0 Å². The second-order valence-electron chi connectivity index (χ2n) is 7.00. The molecule has 2 aromatic rings. The van der Waals surface area contributed by atoms with Gasteiger partial charge in [0.2, 0.25) is 0 Å². The first-order chi connectivity index (χ1) is 13.2. The summed E-state index contributed by atoms with van der Waals surface area (Å²) in [6, 6.07) is 13.2. The number of likely N-dealkylation sites (tertiary alicyclic amines) is 1. The van der Waals surface area contributed by atoms with E-state index < -0.39 is 0 Å². The van der Waals surface area contributed by atoms with Crippen molar-refractivity contribution in [2.75, 3.05) is 32.0 Å². The number of hydrogen-bond acceptors (Lipinski definition) is 5. The fourth-order valence-electron chi connectivity index (χ4n) is 3.55. The number of nitrogen functional groups attached to an aromatic ring is 1. The zero-order chi connectivity index (χ0) is 19.1. The monoisotopic (exact) mass is 368 g/mol. The second-order valence-corrected chi connectivity index (χ2v) is 7.00. The number of piperidine rings is 1. The van der Waals surface area contributed by atoms with Crippen molar-refractivity contribution in [2.24, 2.45) is 0 Å². The Labute approximate surface area is 160 Å². The molecule has 1 aromatic heterocycles. The number of benzene rings is 1. The molecule has 144 valence electrons. The number of rotatable bonds is 7. The van der Waals surface area contributed by atoms with Gasteiger partial charge in [0, 0.05) is 30.3 Å². The van der Waals surface area contributed by atoms with Gasteiger partial charge in [-0.05, 0) is 50.1 Å². The number of nitrogens with zero attached hydrogens (tertiary/aromatic N) is 2. The molecule has 1 fully saturated rings. The first-order valence-corrected chi connectivity index (χ1v) is 9.63. The quantitative estimate of drug-likeness (QED) is 0.652. The fourth-order valence-corrected chi connectivity index (χ4v) is 3.55. The van der Waals surface area contributed by atoms with E-state index >= 15 is 0 Å². The number of pyridine rings is 1.